The number of fused-ring (bicyclic) bond motifs is 3. The molecule has 0 unspecified atom stereocenters. The molecule has 31 heavy (non-hydrogen) atoms. The van der Waals surface area contributed by atoms with E-state index in [1.54, 1.807) is 0 Å². The van der Waals surface area contributed by atoms with Gasteiger partial charge in [-0.25, -0.2) is 0 Å². The monoisotopic (exact) mass is 438 g/mol. The Balaban J connectivity index is 1.29. The van der Waals surface area contributed by atoms with Crippen LogP contribution in [0.25, 0.3) is 0 Å². The highest BCUT2D eigenvalue weighted by atomic mass is 32.2. The van der Waals surface area contributed by atoms with E-state index < -0.39 is 0 Å². The molecule has 3 aliphatic heterocycles. The first-order valence-electron chi connectivity index (χ1n) is 11.8. The summed E-state index contributed by atoms with van der Waals surface area (Å²) in [4.78, 5) is 6.50. The van der Waals surface area contributed by atoms with Crippen LogP contribution in [0.2, 0.25) is 0 Å². The molecule has 2 aromatic rings. The van der Waals surface area contributed by atoms with Crippen LogP contribution < -0.4 is 4.74 Å². The summed E-state index contributed by atoms with van der Waals surface area (Å²) < 4.78 is 11.6. The number of nitrogens with zero attached hydrogens (tertiary/aromatic N) is 2. The third kappa shape index (κ3) is 4.80. The standard InChI is InChI=1S/C26H34N2O2S/c1-31-22-8-5-20(6-9-22)25-19-28-12-2-4-26(28)24-18-21(7-10-23(24)25)30-15-3-11-27-13-16-29-17-14-27/h5-10,18,25-26H,2-4,11-17,19H2,1H3/t25-,26-/m1/s1. The highest BCUT2D eigenvalue weighted by Gasteiger charge is 2.36. The van der Waals surface area contributed by atoms with E-state index in [1.165, 1.54) is 41.0 Å². The molecule has 2 aromatic carbocycles. The second-order valence-electron chi connectivity index (χ2n) is 8.93. The normalized spacial score (nSPS) is 24.0. The molecular weight excluding hydrogens is 404 g/mol. The lowest BCUT2D eigenvalue weighted by atomic mass is 9.81. The Morgan fingerprint density at radius 1 is 1.03 bits per heavy atom. The van der Waals surface area contributed by atoms with Crippen LogP contribution in [-0.2, 0) is 4.74 Å². The zero-order chi connectivity index (χ0) is 21.0. The third-order valence-corrected chi connectivity index (χ3v) is 7.83. The fourth-order valence-electron chi connectivity index (χ4n) is 5.40. The quantitative estimate of drug-likeness (QED) is 0.457. The second-order valence-corrected chi connectivity index (χ2v) is 9.81. The molecule has 0 radical (unpaired) electrons. The summed E-state index contributed by atoms with van der Waals surface area (Å²) in [5, 5.41) is 0. The fraction of sp³-hybridized carbons (Fsp3) is 0.538. The first kappa shape index (κ1) is 21.3. The second kappa shape index (κ2) is 9.95. The Bertz CT molecular complexity index is 866. The van der Waals surface area contributed by atoms with Crippen molar-refractivity contribution in [2.45, 2.75) is 36.1 Å². The molecule has 166 valence electrons. The van der Waals surface area contributed by atoms with Gasteiger partial charge in [0, 0.05) is 43.0 Å². The molecule has 5 heteroatoms. The van der Waals surface area contributed by atoms with E-state index in [0.29, 0.717) is 12.0 Å². The molecule has 2 saturated heterocycles. The number of benzene rings is 2. The van der Waals surface area contributed by atoms with Crippen molar-refractivity contribution >= 4 is 11.8 Å². The summed E-state index contributed by atoms with van der Waals surface area (Å²) in [5.41, 5.74) is 4.43. The van der Waals surface area contributed by atoms with E-state index in [4.69, 9.17) is 9.47 Å². The minimum absolute atomic E-state index is 0.454. The van der Waals surface area contributed by atoms with Crippen LogP contribution >= 0.6 is 11.8 Å². The summed E-state index contributed by atoms with van der Waals surface area (Å²) in [6.07, 6.45) is 5.78. The van der Waals surface area contributed by atoms with E-state index in [9.17, 15) is 0 Å². The van der Waals surface area contributed by atoms with Crippen molar-refractivity contribution in [1.29, 1.82) is 0 Å². The van der Waals surface area contributed by atoms with Crippen LogP contribution in [0.4, 0.5) is 0 Å². The average Bonchev–Trinajstić information content (AvgIpc) is 3.31. The molecule has 0 aliphatic carbocycles. The van der Waals surface area contributed by atoms with Gasteiger partial charge in [0.15, 0.2) is 0 Å². The Hall–Kier alpha value is -1.53. The predicted octanol–water partition coefficient (Wildman–Crippen LogP) is 4.79. The molecule has 0 saturated carbocycles. The minimum Gasteiger partial charge on any atom is -0.494 e. The van der Waals surface area contributed by atoms with Crippen LogP contribution in [0.15, 0.2) is 47.4 Å². The van der Waals surface area contributed by atoms with Crippen LogP contribution in [0, 0.1) is 0 Å². The Morgan fingerprint density at radius 2 is 1.87 bits per heavy atom. The fourth-order valence-corrected chi connectivity index (χ4v) is 5.81. The number of rotatable bonds is 7. The van der Waals surface area contributed by atoms with Gasteiger partial charge in [0.05, 0.1) is 19.8 Å². The van der Waals surface area contributed by atoms with E-state index >= 15 is 0 Å². The lowest BCUT2D eigenvalue weighted by Gasteiger charge is -2.37. The first-order chi connectivity index (χ1) is 15.3. The number of thioether (sulfide) groups is 1. The number of morpholine rings is 1. The minimum atomic E-state index is 0.454. The number of ether oxygens (including phenoxy) is 2. The molecule has 2 atom stereocenters. The maximum Gasteiger partial charge on any atom is 0.119 e. The van der Waals surface area contributed by atoms with Crippen molar-refractivity contribution in [3.63, 3.8) is 0 Å². The van der Waals surface area contributed by atoms with Gasteiger partial charge < -0.3 is 9.47 Å². The van der Waals surface area contributed by atoms with Gasteiger partial charge in [-0.3, -0.25) is 9.80 Å². The van der Waals surface area contributed by atoms with Crippen molar-refractivity contribution in [3.05, 3.63) is 59.2 Å². The molecule has 3 aliphatic rings. The molecule has 0 amide bonds. The Labute approximate surface area is 190 Å². The van der Waals surface area contributed by atoms with Gasteiger partial charge in [0.2, 0.25) is 0 Å². The molecule has 0 N–H and O–H groups in total. The van der Waals surface area contributed by atoms with Gasteiger partial charge in [0.1, 0.15) is 5.75 Å². The molecule has 0 aromatic heterocycles. The van der Waals surface area contributed by atoms with Crippen LogP contribution in [0.3, 0.4) is 0 Å². The van der Waals surface area contributed by atoms with E-state index in [0.717, 1.165) is 58.2 Å². The van der Waals surface area contributed by atoms with E-state index in [1.807, 2.05) is 11.8 Å². The lowest BCUT2D eigenvalue weighted by Crippen LogP contribution is -2.37. The number of hydrogen-bond acceptors (Lipinski definition) is 5. The molecule has 4 nitrogen and oxygen atoms in total. The van der Waals surface area contributed by atoms with Crippen molar-refractivity contribution < 1.29 is 9.47 Å². The molecular formula is C26H34N2O2S. The Kier molecular flexibility index (Phi) is 6.84. The SMILES string of the molecule is CSc1ccc([C@H]2CN3CCC[C@@H]3c3cc(OCCCN4CCOCC4)ccc32)cc1. The van der Waals surface area contributed by atoms with Gasteiger partial charge >= 0.3 is 0 Å². The summed E-state index contributed by atoms with van der Waals surface area (Å²) in [6.45, 7) is 8.06. The first-order valence-corrected chi connectivity index (χ1v) is 13.0. The highest BCUT2D eigenvalue weighted by molar-refractivity contribution is 7.98. The van der Waals surface area contributed by atoms with Gasteiger partial charge in [-0.15, -0.1) is 11.8 Å². The van der Waals surface area contributed by atoms with Crippen molar-refractivity contribution in [2.24, 2.45) is 0 Å². The highest BCUT2D eigenvalue weighted by Crippen LogP contribution is 2.45. The maximum absolute atomic E-state index is 6.20. The van der Waals surface area contributed by atoms with Gasteiger partial charge in [-0.1, -0.05) is 18.2 Å². The summed E-state index contributed by atoms with van der Waals surface area (Å²) in [5.74, 6) is 1.49. The van der Waals surface area contributed by atoms with Crippen molar-refractivity contribution in [1.82, 2.24) is 9.80 Å². The average molecular weight is 439 g/mol. The smallest absolute Gasteiger partial charge is 0.119 e. The van der Waals surface area contributed by atoms with E-state index in [2.05, 4.69) is 58.5 Å². The Morgan fingerprint density at radius 3 is 2.68 bits per heavy atom. The molecule has 0 bridgehead atoms. The van der Waals surface area contributed by atoms with Gasteiger partial charge in [-0.05, 0) is 73.0 Å². The van der Waals surface area contributed by atoms with Crippen LogP contribution in [0.1, 0.15) is 47.9 Å². The van der Waals surface area contributed by atoms with Crippen LogP contribution in [0.5, 0.6) is 5.75 Å². The third-order valence-electron chi connectivity index (χ3n) is 7.08. The van der Waals surface area contributed by atoms with Gasteiger partial charge in [0.25, 0.3) is 0 Å². The largest absolute Gasteiger partial charge is 0.494 e. The molecule has 2 fully saturated rings. The molecule has 5 rings (SSSR count). The summed E-state index contributed by atoms with van der Waals surface area (Å²) in [6, 6.07) is 16.6. The van der Waals surface area contributed by atoms with Crippen molar-refractivity contribution in [3.8, 4) is 5.75 Å². The summed E-state index contributed by atoms with van der Waals surface area (Å²) >= 11 is 1.81. The van der Waals surface area contributed by atoms with E-state index in [-0.39, 0.29) is 0 Å². The summed E-state index contributed by atoms with van der Waals surface area (Å²) in [7, 11) is 0. The zero-order valence-corrected chi connectivity index (χ0v) is 19.4. The zero-order valence-electron chi connectivity index (χ0n) is 18.6. The maximum atomic E-state index is 6.20. The molecule has 0 spiro atoms. The molecule has 3 heterocycles. The number of hydrogen-bond donors (Lipinski definition) is 0. The van der Waals surface area contributed by atoms with Crippen molar-refractivity contribution in [2.75, 3.05) is 58.8 Å². The van der Waals surface area contributed by atoms with Gasteiger partial charge in [-0.2, -0.15) is 0 Å². The lowest BCUT2D eigenvalue weighted by molar-refractivity contribution is 0.0358. The topological polar surface area (TPSA) is 24.9 Å². The van der Waals surface area contributed by atoms with Crippen LogP contribution in [-0.4, -0.2) is 68.6 Å². The predicted molar refractivity (Wildman–Crippen MR) is 127 cm³/mol.